The minimum absolute atomic E-state index is 0.261. The molecule has 4 atom stereocenters. The summed E-state index contributed by atoms with van der Waals surface area (Å²) in [5.41, 5.74) is 6.41. The maximum absolute atomic E-state index is 6.23. The average molecular weight is 447 g/mol. The van der Waals surface area contributed by atoms with Gasteiger partial charge in [-0.3, -0.25) is 0 Å². The molecule has 0 aliphatic carbocycles. The second-order valence-corrected chi connectivity index (χ2v) is 7.24. The van der Waals surface area contributed by atoms with Crippen LogP contribution in [0.4, 0.5) is 5.82 Å². The number of hydrogen-bond donors (Lipinski definition) is 1. The maximum Gasteiger partial charge on any atom is 0.196 e. The number of halogens is 1. The zero-order valence-corrected chi connectivity index (χ0v) is 15.6. The second-order valence-electron chi connectivity index (χ2n) is 6.62. The number of rotatable bonds is 3. The predicted molar refractivity (Wildman–Crippen MR) is 91.2 cm³/mol. The number of aromatic nitrogens is 4. The van der Waals surface area contributed by atoms with Crippen molar-refractivity contribution in [3.05, 3.63) is 18.2 Å². The van der Waals surface area contributed by atoms with Gasteiger partial charge >= 0.3 is 0 Å². The van der Waals surface area contributed by atoms with Crippen LogP contribution in [0.15, 0.2) is 12.5 Å². The Morgan fingerprint density at radius 2 is 2.17 bits per heavy atom. The number of nitrogen functional groups attached to an aromatic ring is 1. The molecular weight excluding hydrogens is 429 g/mol. The Balaban J connectivity index is 1.80. The van der Waals surface area contributed by atoms with E-state index in [2.05, 4.69) is 15.1 Å². The average Bonchev–Trinajstić information content (AvgIpc) is 3.10. The third-order valence-corrected chi connectivity index (χ3v) is 4.82. The Morgan fingerprint density at radius 3 is 2.92 bits per heavy atom. The summed E-state index contributed by atoms with van der Waals surface area (Å²) >= 11 is 1.85. The van der Waals surface area contributed by atoms with Crippen LogP contribution >= 0.6 is 23.0 Å². The Morgan fingerprint density at radius 1 is 1.38 bits per heavy atom. The minimum atomic E-state index is -0.709. The van der Waals surface area contributed by atoms with Gasteiger partial charge in [0.15, 0.2) is 17.3 Å². The van der Waals surface area contributed by atoms with Crippen molar-refractivity contribution in [2.75, 3.05) is 12.3 Å². The maximum atomic E-state index is 6.23. The van der Waals surface area contributed by atoms with Crippen LogP contribution in [0.25, 0.3) is 5.65 Å². The van der Waals surface area contributed by atoms with E-state index in [1.54, 1.807) is 10.7 Å². The standard InChI is InChI=1S/C14H18IN5O4/c1-13(2)23-10-8(5-21-15)22-9(14(10,3)24-13)7-4-17-12-11(16)18-6-19-20(7)12/h4,6,8-10H,5H2,1-3H3,(H2,16,18,19)/t8-,9+,10-,14+/m1/s1. The third kappa shape index (κ3) is 2.31. The van der Waals surface area contributed by atoms with Crippen molar-refractivity contribution < 1.29 is 17.3 Å². The summed E-state index contributed by atoms with van der Waals surface area (Å²) in [4.78, 5) is 8.28. The smallest absolute Gasteiger partial charge is 0.196 e. The Bertz CT molecular complexity index is 784. The largest absolute Gasteiger partial charge is 0.381 e. The van der Waals surface area contributed by atoms with Gasteiger partial charge in [0, 0.05) is 0 Å². The molecule has 24 heavy (non-hydrogen) atoms. The number of imidazole rings is 1. The summed E-state index contributed by atoms with van der Waals surface area (Å²) in [6.45, 7) is 6.16. The van der Waals surface area contributed by atoms with Crippen molar-refractivity contribution in [3.8, 4) is 0 Å². The molecule has 2 aliphatic rings. The van der Waals surface area contributed by atoms with Crippen molar-refractivity contribution in [1.82, 2.24) is 19.6 Å². The van der Waals surface area contributed by atoms with Crippen LogP contribution in [0.2, 0.25) is 0 Å². The Hall–Kier alpha value is -1.08. The highest BCUT2D eigenvalue weighted by Gasteiger charge is 2.64. The predicted octanol–water partition coefficient (Wildman–Crippen LogP) is 1.42. The summed E-state index contributed by atoms with van der Waals surface area (Å²) in [7, 11) is 0. The lowest BCUT2D eigenvalue weighted by atomic mass is 9.91. The topological polar surface area (TPSA) is 106 Å². The molecule has 4 heterocycles. The van der Waals surface area contributed by atoms with E-state index in [1.165, 1.54) is 6.33 Å². The van der Waals surface area contributed by atoms with E-state index in [0.717, 1.165) is 5.69 Å². The van der Waals surface area contributed by atoms with Gasteiger partial charge in [-0.2, -0.15) is 5.10 Å². The molecule has 2 aromatic rings. The first-order chi connectivity index (χ1) is 11.4. The van der Waals surface area contributed by atoms with Gasteiger partial charge in [0.05, 0.1) is 18.5 Å². The molecule has 2 aromatic heterocycles. The number of fused-ring (bicyclic) bond motifs is 2. The lowest BCUT2D eigenvalue weighted by Crippen LogP contribution is -2.40. The van der Waals surface area contributed by atoms with Gasteiger partial charge in [0.2, 0.25) is 0 Å². The molecule has 0 radical (unpaired) electrons. The zero-order chi connectivity index (χ0) is 17.1. The highest BCUT2D eigenvalue weighted by Crippen LogP contribution is 2.52. The highest BCUT2D eigenvalue weighted by atomic mass is 127. The van der Waals surface area contributed by atoms with Gasteiger partial charge in [0.1, 0.15) is 53.2 Å². The lowest BCUT2D eigenvalue weighted by Gasteiger charge is -2.29. The van der Waals surface area contributed by atoms with Crippen molar-refractivity contribution in [2.45, 2.75) is 50.5 Å². The van der Waals surface area contributed by atoms with E-state index in [0.29, 0.717) is 18.1 Å². The van der Waals surface area contributed by atoms with Gasteiger partial charge in [-0.15, -0.1) is 0 Å². The molecule has 2 aliphatic heterocycles. The van der Waals surface area contributed by atoms with E-state index in [9.17, 15) is 0 Å². The van der Waals surface area contributed by atoms with Crippen LogP contribution in [0.5, 0.6) is 0 Å². The van der Waals surface area contributed by atoms with Crippen LogP contribution in [0, 0.1) is 0 Å². The van der Waals surface area contributed by atoms with E-state index < -0.39 is 17.5 Å². The second kappa shape index (κ2) is 5.46. The Labute approximate surface area is 152 Å². The molecule has 130 valence electrons. The van der Waals surface area contributed by atoms with E-state index in [4.69, 9.17) is 23.0 Å². The van der Waals surface area contributed by atoms with Gasteiger partial charge in [-0.05, 0) is 20.8 Å². The first kappa shape index (κ1) is 16.4. The molecule has 0 spiro atoms. The fourth-order valence-corrected chi connectivity index (χ4v) is 4.00. The monoisotopic (exact) mass is 447 g/mol. The fraction of sp³-hybridized carbons (Fsp3) is 0.643. The number of nitrogens with zero attached hydrogens (tertiary/aromatic N) is 4. The summed E-state index contributed by atoms with van der Waals surface area (Å²) in [6.07, 6.45) is 2.13. The lowest BCUT2D eigenvalue weighted by molar-refractivity contribution is -0.206. The molecule has 0 amide bonds. The molecule has 0 saturated carbocycles. The van der Waals surface area contributed by atoms with Crippen LogP contribution in [-0.4, -0.2) is 49.8 Å². The third-order valence-electron chi connectivity index (χ3n) is 4.46. The van der Waals surface area contributed by atoms with Gasteiger partial charge in [-0.1, -0.05) is 0 Å². The van der Waals surface area contributed by atoms with Crippen LogP contribution < -0.4 is 5.73 Å². The fourth-order valence-electron chi connectivity index (χ4n) is 3.65. The Kier molecular flexibility index (Phi) is 3.73. The van der Waals surface area contributed by atoms with Crippen molar-refractivity contribution >= 4 is 34.5 Å². The summed E-state index contributed by atoms with van der Waals surface area (Å²) in [5, 5.41) is 4.25. The number of anilines is 1. The normalized spacial score (nSPS) is 34.8. The number of hydrogen-bond acceptors (Lipinski definition) is 8. The van der Waals surface area contributed by atoms with E-state index >= 15 is 0 Å². The summed E-state index contributed by atoms with van der Waals surface area (Å²) in [6, 6.07) is 0. The summed E-state index contributed by atoms with van der Waals surface area (Å²) in [5.74, 6) is -0.397. The first-order valence-corrected chi connectivity index (χ1v) is 8.45. The van der Waals surface area contributed by atoms with E-state index in [-0.39, 0.29) is 12.2 Å². The van der Waals surface area contributed by atoms with Crippen molar-refractivity contribution in [3.63, 3.8) is 0 Å². The van der Waals surface area contributed by atoms with Gasteiger partial charge in [-0.25, -0.2) is 14.5 Å². The number of ether oxygens (including phenoxy) is 3. The quantitative estimate of drug-likeness (QED) is 0.705. The molecule has 2 fully saturated rings. The van der Waals surface area contributed by atoms with Crippen molar-refractivity contribution in [1.29, 1.82) is 0 Å². The highest BCUT2D eigenvalue weighted by molar-refractivity contribution is 14.1. The minimum Gasteiger partial charge on any atom is -0.381 e. The molecule has 0 bridgehead atoms. The van der Waals surface area contributed by atoms with Gasteiger partial charge < -0.3 is 23.0 Å². The molecule has 4 rings (SSSR count). The van der Waals surface area contributed by atoms with E-state index in [1.807, 2.05) is 43.8 Å². The van der Waals surface area contributed by atoms with Crippen molar-refractivity contribution in [2.24, 2.45) is 0 Å². The molecule has 0 unspecified atom stereocenters. The molecule has 2 saturated heterocycles. The first-order valence-electron chi connectivity index (χ1n) is 7.57. The molecule has 0 aromatic carbocycles. The van der Waals surface area contributed by atoms with Gasteiger partial charge in [0.25, 0.3) is 0 Å². The SMILES string of the molecule is CC1(C)O[C@@H]2[C@@H](COI)O[C@@H](c3cnc4c(N)ncnn34)[C@]2(C)O1. The van der Waals surface area contributed by atoms with Crippen LogP contribution in [0.3, 0.4) is 0 Å². The molecule has 9 nitrogen and oxygen atoms in total. The van der Waals surface area contributed by atoms with Crippen LogP contribution in [-0.2, 0) is 17.3 Å². The van der Waals surface area contributed by atoms with Crippen LogP contribution in [0.1, 0.15) is 32.6 Å². The molecular formula is C14H18IN5O4. The molecule has 2 N–H and O–H groups in total. The number of nitrogens with two attached hydrogens (primary N) is 1. The zero-order valence-electron chi connectivity index (χ0n) is 13.5. The summed E-state index contributed by atoms with van der Waals surface area (Å²) < 4.78 is 25.4. The molecule has 10 heteroatoms.